The van der Waals surface area contributed by atoms with Crippen molar-refractivity contribution in [1.82, 2.24) is 0 Å². The molecule has 0 nitrogen and oxygen atoms in total. The molecule has 0 spiro atoms. The minimum Gasteiger partial charge on any atom is -0.0810 e. The molecule has 0 saturated heterocycles. The predicted molar refractivity (Wildman–Crippen MR) is 39.7 cm³/mol. The highest BCUT2D eigenvalue weighted by atomic mass is 31.1. The Labute approximate surface area is 53.8 Å². The summed E-state index contributed by atoms with van der Waals surface area (Å²) in [6.45, 7) is 2.29. The van der Waals surface area contributed by atoms with E-state index in [0.29, 0.717) is 0 Å². The van der Waals surface area contributed by atoms with Crippen molar-refractivity contribution in [1.29, 1.82) is 0 Å². The molecule has 1 aliphatic rings. The van der Waals surface area contributed by atoms with E-state index < -0.39 is 0 Å². The van der Waals surface area contributed by atoms with Crippen LogP contribution in [0.4, 0.5) is 0 Å². The van der Waals surface area contributed by atoms with E-state index in [1.807, 2.05) is 0 Å². The zero-order chi connectivity index (χ0) is 5.82. The van der Waals surface area contributed by atoms with Crippen molar-refractivity contribution in [2.24, 2.45) is 0 Å². The second kappa shape index (κ2) is 3.45. The fourth-order valence-corrected chi connectivity index (χ4v) is 2.22. The third kappa shape index (κ3) is 1.74. The molecule has 1 aliphatic carbocycles. The van der Waals surface area contributed by atoms with Gasteiger partial charge in [0.15, 0.2) is 0 Å². The monoisotopic (exact) mass is 129 g/mol. The fraction of sp³-hybridized carbons (Fsp3) is 1.00. The summed E-state index contributed by atoms with van der Waals surface area (Å²) in [6.07, 6.45) is 7.47. The van der Waals surface area contributed by atoms with Gasteiger partial charge in [-0.15, -0.1) is 0 Å². The van der Waals surface area contributed by atoms with Crippen molar-refractivity contribution in [3.05, 3.63) is 0 Å². The first-order chi connectivity index (χ1) is 3.93. The van der Waals surface area contributed by atoms with Crippen LogP contribution >= 0.6 is 8.58 Å². The average Bonchev–Trinajstić information content (AvgIpc) is 1.90. The van der Waals surface area contributed by atoms with Gasteiger partial charge in [0, 0.05) is 0 Å². The molecule has 8 heavy (non-hydrogen) atoms. The first-order valence-electron chi connectivity index (χ1n) is 3.52. The van der Waals surface area contributed by atoms with E-state index in [2.05, 4.69) is 6.66 Å². The highest BCUT2D eigenvalue weighted by Gasteiger charge is 2.10. The van der Waals surface area contributed by atoms with Crippen LogP contribution in [0, 0.1) is 0 Å². The molecule has 1 radical (unpaired) electrons. The first kappa shape index (κ1) is 6.55. The molecule has 47 valence electrons. The molecular weight excluding hydrogens is 115 g/mol. The first-order valence-corrected chi connectivity index (χ1v) is 4.93. The Hall–Kier alpha value is 0.430. The summed E-state index contributed by atoms with van der Waals surface area (Å²) in [4.78, 5) is 0. The lowest BCUT2D eigenvalue weighted by molar-refractivity contribution is 0.514. The van der Waals surface area contributed by atoms with E-state index in [0.717, 1.165) is 5.66 Å². The van der Waals surface area contributed by atoms with Gasteiger partial charge in [-0.05, 0) is 25.2 Å². The molecule has 0 heterocycles. The van der Waals surface area contributed by atoms with Gasteiger partial charge in [-0.3, -0.25) is 0 Å². The Morgan fingerprint density at radius 3 is 2.12 bits per heavy atom. The Morgan fingerprint density at radius 2 is 1.75 bits per heavy atom. The zero-order valence-corrected chi connectivity index (χ0v) is 6.45. The SMILES string of the molecule is C[P]C1CCCCC1. The van der Waals surface area contributed by atoms with Gasteiger partial charge < -0.3 is 0 Å². The van der Waals surface area contributed by atoms with Gasteiger partial charge >= 0.3 is 0 Å². The number of hydrogen-bond donors (Lipinski definition) is 0. The van der Waals surface area contributed by atoms with Crippen molar-refractivity contribution in [3.63, 3.8) is 0 Å². The summed E-state index contributed by atoms with van der Waals surface area (Å²) in [5.41, 5.74) is 1.06. The van der Waals surface area contributed by atoms with E-state index in [1.54, 1.807) is 8.58 Å². The van der Waals surface area contributed by atoms with Crippen molar-refractivity contribution in [2.75, 3.05) is 6.66 Å². The Bertz CT molecular complexity index is 55.4. The van der Waals surface area contributed by atoms with Crippen LogP contribution in [0.15, 0.2) is 0 Å². The average molecular weight is 129 g/mol. The number of rotatable bonds is 1. The molecule has 0 unspecified atom stereocenters. The Morgan fingerprint density at radius 1 is 1.12 bits per heavy atom. The normalized spacial score (nSPS) is 25.1. The largest absolute Gasteiger partial charge is 0.0810 e. The van der Waals surface area contributed by atoms with Crippen LogP contribution in [0.1, 0.15) is 32.1 Å². The topological polar surface area (TPSA) is 0 Å². The van der Waals surface area contributed by atoms with Crippen LogP contribution in [0.25, 0.3) is 0 Å². The number of hydrogen-bond acceptors (Lipinski definition) is 0. The highest BCUT2D eigenvalue weighted by Crippen LogP contribution is 2.29. The van der Waals surface area contributed by atoms with Gasteiger partial charge in [0.2, 0.25) is 0 Å². The van der Waals surface area contributed by atoms with Crippen molar-refractivity contribution >= 4 is 8.58 Å². The predicted octanol–water partition coefficient (Wildman–Crippen LogP) is 2.90. The molecule has 1 heteroatoms. The molecule has 0 aromatic rings. The fourth-order valence-electron chi connectivity index (χ4n) is 1.34. The van der Waals surface area contributed by atoms with Crippen LogP contribution in [0.2, 0.25) is 0 Å². The van der Waals surface area contributed by atoms with Crippen LogP contribution < -0.4 is 0 Å². The van der Waals surface area contributed by atoms with Gasteiger partial charge in [-0.2, -0.15) is 0 Å². The third-order valence-electron chi connectivity index (χ3n) is 1.94. The minimum atomic E-state index is 1.06. The summed E-state index contributed by atoms with van der Waals surface area (Å²) in [5.74, 6) is 0. The van der Waals surface area contributed by atoms with E-state index in [-0.39, 0.29) is 0 Å². The minimum absolute atomic E-state index is 1.06. The molecule has 0 amide bonds. The lowest BCUT2D eigenvalue weighted by Gasteiger charge is -2.18. The smallest absolute Gasteiger partial charge is 0.0173 e. The second-order valence-electron chi connectivity index (χ2n) is 2.55. The molecule has 0 aromatic heterocycles. The Kier molecular flexibility index (Phi) is 2.83. The highest BCUT2D eigenvalue weighted by molar-refractivity contribution is 7.37. The molecule has 1 rings (SSSR count). The van der Waals surface area contributed by atoms with E-state index in [4.69, 9.17) is 0 Å². The molecule has 0 bridgehead atoms. The van der Waals surface area contributed by atoms with Gasteiger partial charge in [0.25, 0.3) is 0 Å². The molecule has 1 saturated carbocycles. The van der Waals surface area contributed by atoms with E-state index in [1.165, 1.54) is 32.1 Å². The molecule has 1 fully saturated rings. The van der Waals surface area contributed by atoms with Gasteiger partial charge in [0.1, 0.15) is 0 Å². The van der Waals surface area contributed by atoms with Crippen LogP contribution in [0.3, 0.4) is 0 Å². The van der Waals surface area contributed by atoms with E-state index >= 15 is 0 Å². The van der Waals surface area contributed by atoms with Crippen LogP contribution in [-0.2, 0) is 0 Å². The second-order valence-corrected chi connectivity index (χ2v) is 3.80. The van der Waals surface area contributed by atoms with Crippen LogP contribution in [0.5, 0.6) is 0 Å². The summed E-state index contributed by atoms with van der Waals surface area (Å²) in [7, 11) is 1.63. The maximum atomic E-state index is 2.29. The van der Waals surface area contributed by atoms with Crippen molar-refractivity contribution in [2.45, 2.75) is 37.8 Å². The maximum Gasteiger partial charge on any atom is -0.0173 e. The van der Waals surface area contributed by atoms with Crippen molar-refractivity contribution < 1.29 is 0 Å². The molecule has 0 atom stereocenters. The Balaban J connectivity index is 2.13. The lowest BCUT2D eigenvalue weighted by atomic mass is 10.0. The summed E-state index contributed by atoms with van der Waals surface area (Å²) in [5, 5.41) is 0. The lowest BCUT2D eigenvalue weighted by Crippen LogP contribution is -2.05. The molecular formula is C7H14P. The zero-order valence-electron chi connectivity index (χ0n) is 5.56. The van der Waals surface area contributed by atoms with Crippen LogP contribution in [-0.4, -0.2) is 12.3 Å². The summed E-state index contributed by atoms with van der Waals surface area (Å²) < 4.78 is 0. The van der Waals surface area contributed by atoms with Gasteiger partial charge in [-0.1, -0.05) is 27.8 Å². The van der Waals surface area contributed by atoms with Gasteiger partial charge in [0.05, 0.1) is 0 Å². The van der Waals surface area contributed by atoms with Gasteiger partial charge in [-0.25, -0.2) is 0 Å². The summed E-state index contributed by atoms with van der Waals surface area (Å²) >= 11 is 0. The van der Waals surface area contributed by atoms with Crippen molar-refractivity contribution in [3.8, 4) is 0 Å². The summed E-state index contributed by atoms with van der Waals surface area (Å²) in [6, 6.07) is 0. The quantitative estimate of drug-likeness (QED) is 0.477. The molecule has 0 aliphatic heterocycles. The molecule has 0 aromatic carbocycles. The standard InChI is InChI=1S/C7H14P/c1-8-7-5-3-2-4-6-7/h7H,2-6H2,1H3. The van der Waals surface area contributed by atoms with E-state index in [9.17, 15) is 0 Å². The third-order valence-corrected chi connectivity index (χ3v) is 3.19. The maximum absolute atomic E-state index is 2.29. The molecule has 0 N–H and O–H groups in total.